The molecule has 0 heterocycles. The third-order valence-electron chi connectivity index (χ3n) is 3.57. The van der Waals surface area contributed by atoms with Crippen LogP contribution in [-0.4, -0.2) is 30.6 Å². The number of aryl methyl sites for hydroxylation is 1. The standard InChI is InChI=1S/C15H19NO4/c1-9-3-4-13(20-2)10(7-9)5-6-16-14(17)11-8-12(11)15(18)19/h3-4,7,11-12H,5-6,8H2,1-2H3,(H,16,17)(H,18,19)/t11-,12+/m0/s1. The molecule has 0 aromatic heterocycles. The molecular weight excluding hydrogens is 258 g/mol. The predicted molar refractivity (Wildman–Crippen MR) is 73.7 cm³/mol. The Morgan fingerprint density at radius 3 is 2.75 bits per heavy atom. The summed E-state index contributed by atoms with van der Waals surface area (Å²) in [5.74, 6) is -1.09. The predicted octanol–water partition coefficient (Wildman–Crippen LogP) is 1.38. The number of hydrogen-bond acceptors (Lipinski definition) is 3. The van der Waals surface area contributed by atoms with Crippen molar-refractivity contribution in [3.05, 3.63) is 29.3 Å². The SMILES string of the molecule is COc1ccc(C)cc1CCNC(=O)[C@H]1C[C@H]1C(=O)O. The first-order chi connectivity index (χ1) is 9.52. The molecule has 5 nitrogen and oxygen atoms in total. The van der Waals surface area contributed by atoms with Gasteiger partial charge in [0.15, 0.2) is 0 Å². The number of amides is 1. The Kier molecular flexibility index (Phi) is 4.27. The maximum Gasteiger partial charge on any atom is 0.307 e. The number of carboxylic acid groups (broad SMARTS) is 1. The number of nitrogens with one attached hydrogen (secondary N) is 1. The summed E-state index contributed by atoms with van der Waals surface area (Å²) in [5, 5.41) is 11.6. The number of aliphatic carboxylic acids is 1. The zero-order valence-electron chi connectivity index (χ0n) is 11.7. The van der Waals surface area contributed by atoms with Gasteiger partial charge in [-0.2, -0.15) is 0 Å². The zero-order valence-corrected chi connectivity index (χ0v) is 11.7. The van der Waals surface area contributed by atoms with Gasteiger partial charge in [0.05, 0.1) is 18.9 Å². The van der Waals surface area contributed by atoms with Crippen molar-refractivity contribution in [2.75, 3.05) is 13.7 Å². The number of carbonyl (C=O) groups is 2. The van der Waals surface area contributed by atoms with E-state index in [9.17, 15) is 9.59 Å². The molecule has 2 N–H and O–H groups in total. The van der Waals surface area contributed by atoms with Gasteiger partial charge in [-0.15, -0.1) is 0 Å². The van der Waals surface area contributed by atoms with Gasteiger partial charge in [0.1, 0.15) is 5.75 Å². The van der Waals surface area contributed by atoms with Gasteiger partial charge in [0.25, 0.3) is 0 Å². The Morgan fingerprint density at radius 1 is 1.40 bits per heavy atom. The van der Waals surface area contributed by atoms with E-state index in [1.807, 2.05) is 25.1 Å². The van der Waals surface area contributed by atoms with E-state index >= 15 is 0 Å². The van der Waals surface area contributed by atoms with E-state index in [1.54, 1.807) is 7.11 Å². The fourth-order valence-corrected chi connectivity index (χ4v) is 2.31. The summed E-state index contributed by atoms with van der Waals surface area (Å²) >= 11 is 0. The van der Waals surface area contributed by atoms with E-state index in [1.165, 1.54) is 0 Å². The molecule has 20 heavy (non-hydrogen) atoms. The van der Waals surface area contributed by atoms with Crippen molar-refractivity contribution in [1.82, 2.24) is 5.32 Å². The van der Waals surface area contributed by atoms with Gasteiger partial charge >= 0.3 is 5.97 Å². The van der Waals surface area contributed by atoms with Crippen molar-refractivity contribution in [2.24, 2.45) is 11.8 Å². The number of hydrogen-bond donors (Lipinski definition) is 2. The molecule has 1 fully saturated rings. The highest BCUT2D eigenvalue weighted by molar-refractivity contribution is 5.89. The minimum Gasteiger partial charge on any atom is -0.496 e. The van der Waals surface area contributed by atoms with Crippen LogP contribution in [0.2, 0.25) is 0 Å². The van der Waals surface area contributed by atoms with Crippen LogP contribution < -0.4 is 10.1 Å². The molecule has 1 aliphatic rings. The minimum atomic E-state index is -0.884. The second-order valence-electron chi connectivity index (χ2n) is 5.14. The molecular formula is C15H19NO4. The van der Waals surface area contributed by atoms with Crippen LogP contribution in [0.5, 0.6) is 5.75 Å². The molecule has 0 saturated heterocycles. The van der Waals surface area contributed by atoms with Crippen molar-refractivity contribution in [1.29, 1.82) is 0 Å². The Morgan fingerprint density at radius 2 is 2.15 bits per heavy atom. The second-order valence-corrected chi connectivity index (χ2v) is 5.14. The summed E-state index contributed by atoms with van der Waals surface area (Å²) in [6.07, 6.45) is 1.12. The molecule has 108 valence electrons. The van der Waals surface area contributed by atoms with Crippen molar-refractivity contribution in [3.8, 4) is 5.75 Å². The lowest BCUT2D eigenvalue weighted by Gasteiger charge is -2.10. The van der Waals surface area contributed by atoms with Crippen molar-refractivity contribution < 1.29 is 19.4 Å². The molecule has 1 saturated carbocycles. The molecule has 2 rings (SSSR count). The lowest BCUT2D eigenvalue weighted by molar-refractivity contribution is -0.140. The lowest BCUT2D eigenvalue weighted by Crippen LogP contribution is -2.28. The fraction of sp³-hybridized carbons (Fsp3) is 0.467. The maximum atomic E-state index is 11.7. The average molecular weight is 277 g/mol. The molecule has 2 atom stereocenters. The molecule has 1 amide bonds. The number of benzene rings is 1. The first-order valence-electron chi connectivity index (χ1n) is 6.67. The molecule has 0 bridgehead atoms. The first kappa shape index (κ1) is 14.4. The fourth-order valence-electron chi connectivity index (χ4n) is 2.31. The number of rotatable bonds is 6. The Balaban J connectivity index is 1.83. The van der Waals surface area contributed by atoms with Crippen LogP contribution >= 0.6 is 0 Å². The monoisotopic (exact) mass is 277 g/mol. The Hall–Kier alpha value is -2.04. The number of carboxylic acids is 1. The molecule has 1 aromatic carbocycles. The summed E-state index contributed by atoms with van der Waals surface area (Å²) in [4.78, 5) is 22.4. The molecule has 0 aliphatic heterocycles. The van der Waals surface area contributed by atoms with E-state index < -0.39 is 11.9 Å². The van der Waals surface area contributed by atoms with E-state index in [0.29, 0.717) is 19.4 Å². The van der Waals surface area contributed by atoms with E-state index in [4.69, 9.17) is 9.84 Å². The third kappa shape index (κ3) is 3.29. The lowest BCUT2D eigenvalue weighted by atomic mass is 10.1. The molecule has 0 radical (unpaired) electrons. The molecule has 1 aromatic rings. The van der Waals surface area contributed by atoms with Crippen molar-refractivity contribution in [3.63, 3.8) is 0 Å². The van der Waals surface area contributed by atoms with Crippen LogP contribution in [-0.2, 0) is 16.0 Å². The summed E-state index contributed by atoms with van der Waals surface area (Å²) in [6, 6.07) is 5.92. The Labute approximate surface area is 117 Å². The van der Waals surface area contributed by atoms with Crippen LogP contribution in [0.4, 0.5) is 0 Å². The summed E-state index contributed by atoms with van der Waals surface area (Å²) in [6.45, 7) is 2.49. The number of methoxy groups -OCH3 is 1. The van der Waals surface area contributed by atoms with Crippen LogP contribution in [0.1, 0.15) is 17.5 Å². The van der Waals surface area contributed by atoms with Crippen LogP contribution in [0.15, 0.2) is 18.2 Å². The van der Waals surface area contributed by atoms with Crippen molar-refractivity contribution in [2.45, 2.75) is 19.8 Å². The van der Waals surface area contributed by atoms with Gasteiger partial charge in [0.2, 0.25) is 5.91 Å². The zero-order chi connectivity index (χ0) is 14.7. The van der Waals surface area contributed by atoms with Gasteiger partial charge in [-0.25, -0.2) is 0 Å². The van der Waals surface area contributed by atoms with E-state index in [0.717, 1.165) is 16.9 Å². The molecule has 5 heteroatoms. The summed E-state index contributed by atoms with van der Waals surface area (Å²) in [5.41, 5.74) is 2.18. The van der Waals surface area contributed by atoms with Crippen molar-refractivity contribution >= 4 is 11.9 Å². The minimum absolute atomic E-state index is 0.163. The van der Waals surface area contributed by atoms with Gasteiger partial charge in [-0.05, 0) is 31.4 Å². The van der Waals surface area contributed by atoms with E-state index in [-0.39, 0.29) is 11.8 Å². The third-order valence-corrected chi connectivity index (χ3v) is 3.57. The van der Waals surface area contributed by atoms with Crippen LogP contribution in [0.25, 0.3) is 0 Å². The highest BCUT2D eigenvalue weighted by Gasteiger charge is 2.48. The van der Waals surface area contributed by atoms with Gasteiger partial charge in [-0.3, -0.25) is 9.59 Å². The van der Waals surface area contributed by atoms with Gasteiger partial charge < -0.3 is 15.2 Å². The average Bonchev–Trinajstić information content (AvgIpc) is 3.19. The van der Waals surface area contributed by atoms with Crippen LogP contribution in [0, 0.1) is 18.8 Å². The first-order valence-corrected chi connectivity index (χ1v) is 6.67. The van der Waals surface area contributed by atoms with Crippen LogP contribution in [0.3, 0.4) is 0 Å². The normalized spacial score (nSPS) is 20.3. The highest BCUT2D eigenvalue weighted by atomic mass is 16.5. The smallest absolute Gasteiger partial charge is 0.307 e. The molecule has 1 aliphatic carbocycles. The van der Waals surface area contributed by atoms with Gasteiger partial charge in [0, 0.05) is 6.54 Å². The second kappa shape index (κ2) is 5.94. The largest absolute Gasteiger partial charge is 0.496 e. The topological polar surface area (TPSA) is 75.6 Å². The number of ether oxygens (including phenoxy) is 1. The number of carbonyl (C=O) groups excluding carboxylic acids is 1. The summed E-state index contributed by atoms with van der Waals surface area (Å²) in [7, 11) is 1.62. The molecule has 0 unspecified atom stereocenters. The summed E-state index contributed by atoms with van der Waals surface area (Å²) < 4.78 is 5.28. The highest BCUT2D eigenvalue weighted by Crippen LogP contribution is 2.38. The quantitative estimate of drug-likeness (QED) is 0.823. The van der Waals surface area contributed by atoms with Gasteiger partial charge in [-0.1, -0.05) is 17.7 Å². The molecule has 0 spiro atoms. The maximum absolute atomic E-state index is 11.7. The van der Waals surface area contributed by atoms with E-state index in [2.05, 4.69) is 5.32 Å². The Bertz CT molecular complexity index is 527.